The minimum atomic E-state index is 0.530. The summed E-state index contributed by atoms with van der Waals surface area (Å²) in [6.07, 6.45) is 2.93. The molecule has 52 valence electrons. The quantitative estimate of drug-likeness (QED) is 0.618. The van der Waals surface area contributed by atoms with E-state index in [2.05, 4.69) is 11.2 Å². The van der Waals surface area contributed by atoms with Gasteiger partial charge in [0.15, 0.2) is 0 Å². The molecule has 1 aromatic heterocycles. The van der Waals surface area contributed by atoms with Gasteiger partial charge in [-0.05, 0) is 13.3 Å². The number of rotatable bonds is 2. The van der Waals surface area contributed by atoms with E-state index in [1.54, 1.807) is 6.20 Å². The van der Waals surface area contributed by atoms with E-state index < -0.39 is 0 Å². The minimum absolute atomic E-state index is 0.530. The molecule has 0 aliphatic carbocycles. The highest BCUT2D eigenvalue weighted by atomic mass is 16.5. The van der Waals surface area contributed by atoms with Crippen LogP contribution in [0.25, 0.3) is 0 Å². The average molecular weight is 136 g/mol. The molecule has 0 unspecified atom stereocenters. The molecule has 3 nitrogen and oxygen atoms in total. The van der Waals surface area contributed by atoms with E-state index in [1.165, 1.54) is 0 Å². The first-order valence-electron chi connectivity index (χ1n) is 3.11. The maximum Gasteiger partial charge on any atom is 0.136 e. The summed E-state index contributed by atoms with van der Waals surface area (Å²) in [6, 6.07) is 2.06. The smallest absolute Gasteiger partial charge is 0.136 e. The minimum Gasteiger partial charge on any atom is -0.361 e. The Kier molecular flexibility index (Phi) is 2.06. The summed E-state index contributed by atoms with van der Waals surface area (Å²) in [7, 11) is 0. The van der Waals surface area contributed by atoms with Crippen molar-refractivity contribution in [1.29, 1.82) is 5.26 Å². The van der Waals surface area contributed by atoms with Crippen molar-refractivity contribution in [2.24, 2.45) is 0 Å². The Balaban J connectivity index is 2.59. The number of aryl methyl sites for hydroxylation is 2. The van der Waals surface area contributed by atoms with Crippen molar-refractivity contribution in [2.45, 2.75) is 19.8 Å². The standard InChI is InChI=1S/C7H8N2O/c1-6-7(3-2-4-8)5-9-10-6/h5H,2-3H2,1H3. The fourth-order valence-electron chi connectivity index (χ4n) is 0.750. The fraction of sp³-hybridized carbons (Fsp3) is 0.429. The third-order valence-electron chi connectivity index (χ3n) is 1.36. The molecule has 0 fully saturated rings. The van der Waals surface area contributed by atoms with E-state index in [0.29, 0.717) is 6.42 Å². The van der Waals surface area contributed by atoms with E-state index in [-0.39, 0.29) is 0 Å². The largest absolute Gasteiger partial charge is 0.361 e. The van der Waals surface area contributed by atoms with Crippen LogP contribution in [0.1, 0.15) is 17.7 Å². The Morgan fingerprint density at radius 1 is 1.80 bits per heavy atom. The van der Waals surface area contributed by atoms with Gasteiger partial charge in [0.05, 0.1) is 12.3 Å². The lowest BCUT2D eigenvalue weighted by molar-refractivity contribution is 0.396. The van der Waals surface area contributed by atoms with Crippen LogP contribution in [0.15, 0.2) is 10.7 Å². The molecule has 0 spiro atoms. The normalized spacial score (nSPS) is 9.20. The number of nitriles is 1. The van der Waals surface area contributed by atoms with Crippen LogP contribution in [0.3, 0.4) is 0 Å². The molecule has 1 rings (SSSR count). The maximum absolute atomic E-state index is 8.25. The second kappa shape index (κ2) is 3.02. The summed E-state index contributed by atoms with van der Waals surface area (Å²) in [5, 5.41) is 11.8. The molecule has 0 saturated carbocycles. The third-order valence-corrected chi connectivity index (χ3v) is 1.36. The van der Waals surface area contributed by atoms with Gasteiger partial charge < -0.3 is 4.52 Å². The molecule has 1 heterocycles. The summed E-state index contributed by atoms with van der Waals surface area (Å²) in [6.45, 7) is 1.85. The Bertz CT molecular complexity index is 246. The number of hydrogen-bond donors (Lipinski definition) is 0. The molecule has 0 N–H and O–H groups in total. The molecule has 0 aliphatic heterocycles. The monoisotopic (exact) mass is 136 g/mol. The van der Waals surface area contributed by atoms with E-state index in [9.17, 15) is 0 Å². The van der Waals surface area contributed by atoms with Crippen molar-refractivity contribution in [3.63, 3.8) is 0 Å². The van der Waals surface area contributed by atoms with Crippen molar-refractivity contribution >= 4 is 0 Å². The zero-order valence-corrected chi connectivity index (χ0v) is 5.79. The van der Waals surface area contributed by atoms with Gasteiger partial charge in [0.25, 0.3) is 0 Å². The molecular weight excluding hydrogens is 128 g/mol. The lowest BCUT2D eigenvalue weighted by atomic mass is 10.2. The van der Waals surface area contributed by atoms with Gasteiger partial charge in [-0.25, -0.2) is 0 Å². The highest BCUT2D eigenvalue weighted by molar-refractivity contribution is 5.12. The molecule has 3 heteroatoms. The van der Waals surface area contributed by atoms with E-state index in [0.717, 1.165) is 17.7 Å². The molecular formula is C7H8N2O. The van der Waals surface area contributed by atoms with Gasteiger partial charge in [-0.2, -0.15) is 5.26 Å². The van der Waals surface area contributed by atoms with Gasteiger partial charge in [0.2, 0.25) is 0 Å². The Morgan fingerprint density at radius 2 is 2.60 bits per heavy atom. The average Bonchev–Trinajstić information content (AvgIpc) is 2.31. The lowest BCUT2D eigenvalue weighted by Crippen LogP contribution is -1.81. The second-order valence-electron chi connectivity index (χ2n) is 2.07. The first kappa shape index (κ1) is 6.81. The topological polar surface area (TPSA) is 49.8 Å². The van der Waals surface area contributed by atoms with Crippen LogP contribution < -0.4 is 0 Å². The van der Waals surface area contributed by atoms with Crippen LogP contribution in [-0.4, -0.2) is 5.16 Å². The van der Waals surface area contributed by atoms with Crippen LogP contribution in [0.2, 0.25) is 0 Å². The van der Waals surface area contributed by atoms with Gasteiger partial charge in [-0.15, -0.1) is 0 Å². The Hall–Kier alpha value is -1.30. The van der Waals surface area contributed by atoms with Crippen LogP contribution in [0.4, 0.5) is 0 Å². The Morgan fingerprint density at radius 3 is 3.10 bits per heavy atom. The SMILES string of the molecule is Cc1oncc1CCC#N. The van der Waals surface area contributed by atoms with E-state index >= 15 is 0 Å². The molecule has 0 bridgehead atoms. The van der Waals surface area contributed by atoms with Crippen molar-refractivity contribution in [3.8, 4) is 6.07 Å². The second-order valence-corrected chi connectivity index (χ2v) is 2.07. The van der Waals surface area contributed by atoms with Gasteiger partial charge in [0.1, 0.15) is 5.76 Å². The van der Waals surface area contributed by atoms with Crippen molar-refractivity contribution in [3.05, 3.63) is 17.5 Å². The van der Waals surface area contributed by atoms with E-state index in [1.807, 2.05) is 6.92 Å². The number of hydrogen-bond acceptors (Lipinski definition) is 3. The summed E-state index contributed by atoms with van der Waals surface area (Å²) < 4.78 is 4.80. The van der Waals surface area contributed by atoms with Crippen LogP contribution in [0, 0.1) is 18.3 Å². The summed E-state index contributed by atoms with van der Waals surface area (Å²) >= 11 is 0. The summed E-state index contributed by atoms with van der Waals surface area (Å²) in [5.74, 6) is 0.815. The van der Waals surface area contributed by atoms with E-state index in [4.69, 9.17) is 9.78 Å². The number of aromatic nitrogens is 1. The first-order valence-corrected chi connectivity index (χ1v) is 3.11. The fourth-order valence-corrected chi connectivity index (χ4v) is 0.750. The van der Waals surface area contributed by atoms with Crippen molar-refractivity contribution in [1.82, 2.24) is 5.16 Å². The number of nitrogens with zero attached hydrogens (tertiary/aromatic N) is 2. The van der Waals surface area contributed by atoms with Crippen molar-refractivity contribution in [2.75, 3.05) is 0 Å². The van der Waals surface area contributed by atoms with Crippen LogP contribution >= 0.6 is 0 Å². The first-order chi connectivity index (χ1) is 4.84. The molecule has 0 amide bonds. The van der Waals surface area contributed by atoms with Gasteiger partial charge in [-0.3, -0.25) is 0 Å². The van der Waals surface area contributed by atoms with Crippen LogP contribution in [-0.2, 0) is 6.42 Å². The van der Waals surface area contributed by atoms with Gasteiger partial charge in [0, 0.05) is 12.0 Å². The molecule has 0 atom stereocenters. The molecule has 0 aliphatic rings. The Labute approximate surface area is 59.2 Å². The van der Waals surface area contributed by atoms with Crippen LogP contribution in [0.5, 0.6) is 0 Å². The predicted molar refractivity (Wildman–Crippen MR) is 35.2 cm³/mol. The molecule has 10 heavy (non-hydrogen) atoms. The van der Waals surface area contributed by atoms with Gasteiger partial charge in [-0.1, -0.05) is 5.16 Å². The summed E-state index contributed by atoms with van der Waals surface area (Å²) in [5.41, 5.74) is 1.03. The highest BCUT2D eigenvalue weighted by Crippen LogP contribution is 2.07. The molecule has 0 saturated heterocycles. The zero-order chi connectivity index (χ0) is 7.40. The zero-order valence-electron chi connectivity index (χ0n) is 5.79. The maximum atomic E-state index is 8.25. The third kappa shape index (κ3) is 1.35. The van der Waals surface area contributed by atoms with Gasteiger partial charge >= 0.3 is 0 Å². The highest BCUT2D eigenvalue weighted by Gasteiger charge is 2.00. The van der Waals surface area contributed by atoms with Crippen molar-refractivity contribution < 1.29 is 4.52 Å². The molecule has 1 aromatic rings. The molecule has 0 radical (unpaired) electrons. The predicted octanol–water partition coefficient (Wildman–Crippen LogP) is 1.44. The lowest BCUT2D eigenvalue weighted by Gasteiger charge is -1.87. The molecule has 0 aromatic carbocycles. The summed E-state index contributed by atoms with van der Waals surface area (Å²) in [4.78, 5) is 0.